The molecule has 4 heterocycles. The Morgan fingerprint density at radius 2 is 1.91 bits per heavy atom. The molecule has 9 nitrogen and oxygen atoms in total. The van der Waals surface area contributed by atoms with Gasteiger partial charge in [0, 0.05) is 23.4 Å². The quantitative estimate of drug-likeness (QED) is 0.428. The zero-order valence-electron chi connectivity index (χ0n) is 18.9. The van der Waals surface area contributed by atoms with Crippen molar-refractivity contribution in [2.75, 3.05) is 16.8 Å². The number of aryl methyl sites for hydroxylation is 1. The number of hydrogen-bond donors (Lipinski definition) is 1. The first kappa shape index (κ1) is 21.0. The third kappa shape index (κ3) is 2.30. The van der Waals surface area contributed by atoms with Crippen LogP contribution in [0.2, 0.25) is 0 Å². The summed E-state index contributed by atoms with van der Waals surface area (Å²) in [4.78, 5) is 55.8. The summed E-state index contributed by atoms with van der Waals surface area (Å²) in [5.41, 5.74) is 1.58. The van der Waals surface area contributed by atoms with Gasteiger partial charge in [0.1, 0.15) is 5.54 Å². The summed E-state index contributed by atoms with van der Waals surface area (Å²) < 4.78 is 0. The number of imide groups is 1. The van der Waals surface area contributed by atoms with Gasteiger partial charge in [0.05, 0.1) is 28.0 Å². The average Bonchev–Trinajstić information content (AvgIpc) is 3.52. The van der Waals surface area contributed by atoms with Gasteiger partial charge in [-0.15, -0.1) is 0 Å². The monoisotopic (exact) mass is 460 g/mol. The molecule has 3 amide bonds. The lowest BCUT2D eigenvalue weighted by atomic mass is 9.75. The Morgan fingerprint density at radius 1 is 1.15 bits per heavy atom. The van der Waals surface area contributed by atoms with Crippen LogP contribution in [0.25, 0.3) is 0 Å². The van der Waals surface area contributed by atoms with E-state index in [9.17, 15) is 24.5 Å². The van der Waals surface area contributed by atoms with Crippen molar-refractivity contribution in [3.05, 3.63) is 63.2 Å². The Balaban J connectivity index is 1.56. The van der Waals surface area contributed by atoms with Gasteiger partial charge in [-0.2, -0.15) is 0 Å². The summed E-state index contributed by atoms with van der Waals surface area (Å²) in [5, 5.41) is 14.5. The number of nitro benzene ring substituents is 1. The summed E-state index contributed by atoms with van der Waals surface area (Å²) in [6.45, 7) is 4.20. The van der Waals surface area contributed by atoms with E-state index >= 15 is 0 Å². The summed E-state index contributed by atoms with van der Waals surface area (Å²) in [6, 6.07) is 9.94. The van der Waals surface area contributed by atoms with Crippen molar-refractivity contribution in [3.8, 4) is 0 Å². The molecule has 3 saturated heterocycles. The number of benzene rings is 2. The second-order valence-corrected chi connectivity index (χ2v) is 9.51. The van der Waals surface area contributed by atoms with Crippen molar-refractivity contribution in [2.45, 2.75) is 44.7 Å². The molecule has 0 unspecified atom stereocenters. The first-order chi connectivity index (χ1) is 16.3. The van der Waals surface area contributed by atoms with Crippen molar-refractivity contribution in [1.29, 1.82) is 0 Å². The average molecular weight is 460 g/mol. The van der Waals surface area contributed by atoms with E-state index < -0.39 is 28.2 Å². The number of nitro groups is 1. The molecule has 0 bridgehead atoms. The molecule has 6 rings (SSSR count). The molecular formula is C25H24N4O5. The molecule has 4 aliphatic rings. The highest BCUT2D eigenvalue weighted by atomic mass is 16.6. The number of amides is 3. The maximum atomic E-state index is 14.1. The van der Waals surface area contributed by atoms with E-state index in [2.05, 4.69) is 10.2 Å². The summed E-state index contributed by atoms with van der Waals surface area (Å²) in [7, 11) is 0. The van der Waals surface area contributed by atoms with E-state index in [0.717, 1.165) is 41.0 Å². The van der Waals surface area contributed by atoms with E-state index in [4.69, 9.17) is 0 Å². The number of fused-ring (bicyclic) bond motifs is 7. The van der Waals surface area contributed by atoms with Crippen molar-refractivity contribution in [1.82, 2.24) is 4.90 Å². The Bertz CT molecular complexity index is 1310. The molecule has 2 aromatic rings. The standard InChI is InChI=1S/C25H24N4O5/c1-3-14-7-4-8-15-21(14)26-24(32)25(15)20-19(18-11-6-12-27(18)25)22(30)28(23(20)31)16-9-5-10-17(13(16)2)29(33)34/h4-5,7-10,18-20H,3,6,11-12H2,1-2H3,(H,26,32)/t18-,19-,20-,25+/m1/s1. The zero-order chi connectivity index (χ0) is 23.9. The van der Waals surface area contributed by atoms with Gasteiger partial charge < -0.3 is 5.32 Å². The lowest BCUT2D eigenvalue weighted by Gasteiger charge is -2.36. The summed E-state index contributed by atoms with van der Waals surface area (Å²) >= 11 is 0. The van der Waals surface area contributed by atoms with Crippen LogP contribution in [0, 0.1) is 28.9 Å². The van der Waals surface area contributed by atoms with E-state index in [0.29, 0.717) is 6.54 Å². The fourth-order valence-corrected chi connectivity index (χ4v) is 6.87. The van der Waals surface area contributed by atoms with Crippen LogP contribution < -0.4 is 10.2 Å². The van der Waals surface area contributed by atoms with Gasteiger partial charge >= 0.3 is 0 Å². The third-order valence-corrected chi connectivity index (χ3v) is 8.21. The molecule has 0 saturated carbocycles. The SMILES string of the molecule is CCc1cccc2c1NC(=O)[C@@]21[C@H]2C(=O)N(c3cccc([N+](=O)[O-])c3C)C(=O)[C@@H]2[C@H]2CCCN21. The van der Waals surface area contributed by atoms with Crippen LogP contribution in [0.15, 0.2) is 36.4 Å². The summed E-state index contributed by atoms with van der Waals surface area (Å²) in [5.74, 6) is -2.65. The molecule has 9 heteroatoms. The zero-order valence-corrected chi connectivity index (χ0v) is 18.9. The van der Waals surface area contributed by atoms with Crippen LogP contribution in [0.3, 0.4) is 0 Å². The highest BCUT2D eigenvalue weighted by Gasteiger charge is 2.74. The second kappa shape index (κ2) is 6.96. The number of para-hydroxylation sites is 1. The predicted octanol–water partition coefficient (Wildman–Crippen LogP) is 2.90. The molecule has 3 fully saturated rings. The largest absolute Gasteiger partial charge is 0.324 e. The number of carbonyl (C=O) groups is 3. The maximum absolute atomic E-state index is 14.1. The molecule has 34 heavy (non-hydrogen) atoms. The van der Waals surface area contributed by atoms with E-state index in [1.165, 1.54) is 12.1 Å². The molecule has 1 spiro atoms. The molecular weight excluding hydrogens is 436 g/mol. The molecule has 1 N–H and O–H groups in total. The third-order valence-electron chi connectivity index (χ3n) is 8.21. The van der Waals surface area contributed by atoms with Crippen LogP contribution in [0.5, 0.6) is 0 Å². The van der Waals surface area contributed by atoms with Gasteiger partial charge in [0.2, 0.25) is 17.7 Å². The van der Waals surface area contributed by atoms with Crippen molar-refractivity contribution in [2.24, 2.45) is 11.8 Å². The van der Waals surface area contributed by atoms with Gasteiger partial charge in [-0.1, -0.05) is 31.2 Å². The number of rotatable bonds is 3. The van der Waals surface area contributed by atoms with Gasteiger partial charge in [-0.3, -0.25) is 29.4 Å². The van der Waals surface area contributed by atoms with E-state index in [-0.39, 0.29) is 34.8 Å². The Labute approximate surface area is 195 Å². The van der Waals surface area contributed by atoms with Crippen LogP contribution in [0.4, 0.5) is 17.1 Å². The molecule has 4 aliphatic heterocycles. The van der Waals surface area contributed by atoms with Crippen LogP contribution in [-0.2, 0) is 26.3 Å². The van der Waals surface area contributed by atoms with Gasteiger partial charge in [-0.25, -0.2) is 4.90 Å². The highest BCUT2D eigenvalue weighted by Crippen LogP contribution is 2.61. The van der Waals surface area contributed by atoms with Crippen LogP contribution in [-0.4, -0.2) is 40.1 Å². The van der Waals surface area contributed by atoms with E-state index in [1.54, 1.807) is 13.0 Å². The van der Waals surface area contributed by atoms with Gasteiger partial charge in [0.25, 0.3) is 5.69 Å². The number of nitrogens with zero attached hydrogens (tertiary/aromatic N) is 3. The number of nitrogens with one attached hydrogen (secondary N) is 1. The fourth-order valence-electron chi connectivity index (χ4n) is 6.87. The van der Waals surface area contributed by atoms with Crippen molar-refractivity contribution >= 4 is 34.8 Å². The Morgan fingerprint density at radius 3 is 2.65 bits per heavy atom. The molecule has 0 radical (unpaired) electrons. The molecule has 0 aromatic heterocycles. The highest BCUT2D eigenvalue weighted by molar-refractivity contribution is 6.26. The maximum Gasteiger partial charge on any atom is 0.274 e. The number of carbonyl (C=O) groups excluding carboxylic acids is 3. The fraction of sp³-hybridized carbons (Fsp3) is 0.400. The van der Waals surface area contributed by atoms with Gasteiger partial charge in [-0.05, 0) is 44.4 Å². The molecule has 2 aromatic carbocycles. The topological polar surface area (TPSA) is 113 Å². The Hall–Kier alpha value is -3.59. The van der Waals surface area contributed by atoms with E-state index in [1.807, 2.05) is 25.1 Å². The van der Waals surface area contributed by atoms with Crippen LogP contribution in [0.1, 0.15) is 36.5 Å². The van der Waals surface area contributed by atoms with Crippen LogP contribution >= 0.6 is 0 Å². The second-order valence-electron chi connectivity index (χ2n) is 9.51. The first-order valence-corrected chi connectivity index (χ1v) is 11.7. The predicted molar refractivity (Wildman–Crippen MR) is 123 cm³/mol. The summed E-state index contributed by atoms with van der Waals surface area (Å²) in [6.07, 6.45) is 2.28. The minimum atomic E-state index is -1.25. The lowest BCUT2D eigenvalue weighted by molar-refractivity contribution is -0.385. The van der Waals surface area contributed by atoms with Gasteiger partial charge in [0.15, 0.2) is 0 Å². The minimum Gasteiger partial charge on any atom is -0.324 e. The van der Waals surface area contributed by atoms with Crippen molar-refractivity contribution in [3.63, 3.8) is 0 Å². The molecule has 4 atom stereocenters. The molecule has 174 valence electrons. The minimum absolute atomic E-state index is 0.149. The smallest absolute Gasteiger partial charge is 0.274 e. The lowest BCUT2D eigenvalue weighted by Crippen LogP contribution is -2.54. The first-order valence-electron chi connectivity index (χ1n) is 11.7. The normalized spacial score (nSPS) is 29.5. The number of hydrogen-bond acceptors (Lipinski definition) is 6. The Kier molecular flexibility index (Phi) is 4.29. The molecule has 0 aliphatic carbocycles. The number of anilines is 2. The van der Waals surface area contributed by atoms with Crippen molar-refractivity contribution < 1.29 is 19.3 Å².